The maximum atomic E-state index is 12.1. The van der Waals surface area contributed by atoms with Crippen LogP contribution in [0.1, 0.15) is 107 Å². The Kier molecular flexibility index (Phi) is 16.2. The first-order chi connectivity index (χ1) is 14.5. The van der Waals surface area contributed by atoms with E-state index < -0.39 is 35.9 Å². The highest BCUT2D eigenvalue weighted by atomic mass is 35.5. The van der Waals surface area contributed by atoms with Gasteiger partial charge in [0, 0.05) is 18.8 Å². The van der Waals surface area contributed by atoms with Gasteiger partial charge in [-0.25, -0.2) is 0 Å². The zero-order valence-corrected chi connectivity index (χ0v) is 19.7. The van der Waals surface area contributed by atoms with Crippen LogP contribution >= 0.6 is 12.4 Å². The van der Waals surface area contributed by atoms with Gasteiger partial charge in [0.2, 0.25) is 0 Å². The van der Waals surface area contributed by atoms with Crippen molar-refractivity contribution in [2.45, 2.75) is 109 Å². The van der Waals surface area contributed by atoms with Gasteiger partial charge in [0.25, 0.3) is 0 Å². The molecule has 0 aromatic rings. The summed E-state index contributed by atoms with van der Waals surface area (Å²) in [6.07, 6.45) is 14.5. The van der Waals surface area contributed by atoms with Gasteiger partial charge in [0.05, 0.1) is 25.2 Å². The molecule has 0 aromatic heterocycles. The smallest absolute Gasteiger partial charge is 0.306 e. The van der Waals surface area contributed by atoms with Crippen LogP contribution in [0.15, 0.2) is 0 Å². The molecule has 5 nitrogen and oxygen atoms in total. The number of aliphatic carboxylic acids is 1. The van der Waals surface area contributed by atoms with Crippen LogP contribution in [-0.2, 0) is 14.3 Å². The monoisotopic (exact) mass is 438 g/mol. The molecule has 0 unspecified atom stereocenters. The van der Waals surface area contributed by atoms with Crippen molar-refractivity contribution in [3.8, 4) is 0 Å². The molecule has 29 heavy (non-hydrogen) atoms. The van der Waals surface area contributed by atoms with E-state index in [1.165, 1.54) is 78.3 Å². The van der Waals surface area contributed by atoms with E-state index in [-0.39, 0.29) is 25.4 Å². The van der Waals surface area contributed by atoms with E-state index in [0.717, 1.165) is 12.8 Å². The number of rotatable bonds is 19. The maximum absolute atomic E-state index is 12.1. The van der Waals surface area contributed by atoms with Gasteiger partial charge < -0.3 is 19.1 Å². The number of carbonyl (C=O) groups is 2. The van der Waals surface area contributed by atoms with Crippen LogP contribution in [0.25, 0.3) is 0 Å². The fourth-order valence-electron chi connectivity index (χ4n) is 3.37. The summed E-state index contributed by atoms with van der Waals surface area (Å²) in [5.74, 6) is -1.83. The first-order valence-electron chi connectivity index (χ1n) is 12.7. The fourth-order valence-corrected chi connectivity index (χ4v) is 3.37. The van der Waals surface area contributed by atoms with Crippen LogP contribution in [0.4, 0.5) is 0 Å². The van der Waals surface area contributed by atoms with Crippen molar-refractivity contribution in [1.82, 2.24) is 0 Å². The second kappa shape index (κ2) is 19.2. The number of esters is 1. The first kappa shape index (κ1) is 24.5. The van der Waals surface area contributed by atoms with Crippen LogP contribution in [0.3, 0.4) is 0 Å². The summed E-state index contributed by atoms with van der Waals surface area (Å²) in [5.41, 5.74) is 0. The molecule has 0 aliphatic heterocycles. The van der Waals surface area contributed by atoms with Crippen molar-refractivity contribution in [3.63, 3.8) is 0 Å². The number of nitrogens with zero attached hydrogens (tertiary/aromatic N) is 1. The van der Waals surface area contributed by atoms with E-state index in [1.807, 2.05) is 0 Å². The van der Waals surface area contributed by atoms with Crippen LogP contribution < -0.4 is 5.11 Å². The third-order valence-electron chi connectivity index (χ3n) is 4.84. The van der Waals surface area contributed by atoms with Crippen molar-refractivity contribution in [2.75, 3.05) is 27.6 Å². The van der Waals surface area contributed by atoms with Crippen LogP contribution in [0.2, 0.25) is 0 Å². The molecule has 174 valence electrons. The lowest BCUT2D eigenvalue weighted by atomic mass is 10.0. The molecule has 6 heteroatoms. The third-order valence-corrected chi connectivity index (χ3v) is 4.84. The molecule has 0 saturated heterocycles. The topological polar surface area (TPSA) is 66.4 Å². The van der Waals surface area contributed by atoms with E-state index in [0.29, 0.717) is 6.42 Å². The van der Waals surface area contributed by atoms with Gasteiger partial charge in [-0.3, -0.25) is 4.79 Å². The Balaban J connectivity index is 0. The molecule has 0 amide bonds. The molecule has 0 heterocycles. The van der Waals surface area contributed by atoms with Gasteiger partial charge in [0.15, 0.2) is 6.10 Å². The molecule has 0 aliphatic rings. The number of carbonyl (C=O) groups excluding carboxylic acids is 2. The van der Waals surface area contributed by atoms with Gasteiger partial charge in [-0.1, -0.05) is 84.0 Å². The fraction of sp³-hybridized carbons (Fsp3) is 0.913. The highest BCUT2D eigenvalue weighted by molar-refractivity contribution is 5.85. The largest absolute Gasteiger partial charge is 0.550 e. The summed E-state index contributed by atoms with van der Waals surface area (Å²) in [6, 6.07) is 0. The van der Waals surface area contributed by atoms with Gasteiger partial charge in [0.1, 0.15) is 6.54 Å². The molecular formula is C23H46ClNO4. The SMILES string of the molecule is Cl.[2H]C([2H])([2H])[N+](C)(C)C[C@@H](CC(=O)[O-])OC(=O)CCCCCCCCCCCCCCC. The predicted octanol–water partition coefficient (Wildman–Crippen LogP) is 4.65. The molecule has 0 aliphatic carbocycles. The Morgan fingerprint density at radius 1 is 0.897 bits per heavy atom. The Morgan fingerprint density at radius 2 is 1.34 bits per heavy atom. The zero-order valence-electron chi connectivity index (χ0n) is 21.9. The van der Waals surface area contributed by atoms with Gasteiger partial charge in [-0.05, 0) is 6.42 Å². The average Bonchev–Trinajstić information content (AvgIpc) is 2.63. The molecule has 0 bridgehead atoms. The van der Waals surface area contributed by atoms with Gasteiger partial charge >= 0.3 is 5.97 Å². The van der Waals surface area contributed by atoms with Crippen LogP contribution in [0, 0.1) is 0 Å². The summed E-state index contributed by atoms with van der Waals surface area (Å²) in [4.78, 5) is 23.1. The lowest BCUT2D eigenvalue weighted by Crippen LogP contribution is -2.45. The Morgan fingerprint density at radius 3 is 1.76 bits per heavy atom. The summed E-state index contributed by atoms with van der Waals surface area (Å²) in [6.45, 7) is -0.194. The third kappa shape index (κ3) is 23.3. The number of carboxylic acids is 1. The number of likely N-dealkylation sites (N-methyl/N-ethyl adjacent to an activating group) is 1. The first-order valence-corrected chi connectivity index (χ1v) is 11.2. The van der Waals surface area contributed by atoms with Crippen LogP contribution in [-0.4, -0.2) is 50.1 Å². The number of unbranched alkanes of at least 4 members (excludes halogenated alkanes) is 12. The number of halogens is 1. The Bertz CT molecular complexity index is 502. The number of ether oxygens (including phenoxy) is 1. The van der Waals surface area contributed by atoms with Crippen molar-refractivity contribution in [3.05, 3.63) is 0 Å². The van der Waals surface area contributed by atoms with Crippen molar-refractivity contribution >= 4 is 24.3 Å². The normalized spacial score (nSPS) is 14.2. The molecule has 1 atom stereocenters. The van der Waals surface area contributed by atoms with E-state index in [9.17, 15) is 14.7 Å². The second-order valence-electron chi connectivity index (χ2n) is 8.55. The van der Waals surface area contributed by atoms with E-state index in [4.69, 9.17) is 8.85 Å². The quantitative estimate of drug-likeness (QED) is 0.167. The number of hydrogen-bond acceptors (Lipinski definition) is 4. The molecule has 0 saturated carbocycles. The second-order valence-corrected chi connectivity index (χ2v) is 8.55. The lowest BCUT2D eigenvalue weighted by Gasteiger charge is -2.29. The Hall–Kier alpha value is -0.810. The minimum Gasteiger partial charge on any atom is -0.550 e. The van der Waals surface area contributed by atoms with Crippen molar-refractivity contribution in [1.29, 1.82) is 0 Å². The predicted molar refractivity (Wildman–Crippen MR) is 120 cm³/mol. The van der Waals surface area contributed by atoms with Gasteiger partial charge in [-0.2, -0.15) is 0 Å². The maximum Gasteiger partial charge on any atom is 0.306 e. The van der Waals surface area contributed by atoms with Crippen molar-refractivity contribution in [2.24, 2.45) is 0 Å². The Labute approximate surface area is 189 Å². The number of quaternary nitrogens is 1. The van der Waals surface area contributed by atoms with Crippen molar-refractivity contribution < 1.29 is 28.0 Å². The number of hydrogen-bond donors (Lipinski definition) is 0. The van der Waals surface area contributed by atoms with E-state index in [1.54, 1.807) is 0 Å². The molecule has 0 aromatic carbocycles. The molecule has 0 spiro atoms. The van der Waals surface area contributed by atoms with E-state index >= 15 is 0 Å². The highest BCUT2D eigenvalue weighted by Crippen LogP contribution is 2.13. The summed E-state index contributed by atoms with van der Waals surface area (Å²) >= 11 is 0. The zero-order chi connectivity index (χ0) is 23.8. The standard InChI is InChI=1S/C23H45NO4.ClH/c1-5-6-7-8-9-10-11-12-13-14-15-16-17-18-23(27)28-21(19-22(25)26)20-24(2,3)4;/h21H,5-20H2,1-4H3;1H/t21-;/m1./s1/i2D3;. The van der Waals surface area contributed by atoms with Crippen LogP contribution in [0.5, 0.6) is 0 Å². The molecule has 0 fully saturated rings. The lowest BCUT2D eigenvalue weighted by molar-refractivity contribution is -0.873. The summed E-state index contributed by atoms with van der Waals surface area (Å²) < 4.78 is 27.5. The average molecular weight is 439 g/mol. The minimum absolute atomic E-state index is 0. The molecule has 0 N–H and O–H groups in total. The highest BCUT2D eigenvalue weighted by Gasteiger charge is 2.22. The number of carboxylic acid groups (broad SMARTS) is 1. The van der Waals surface area contributed by atoms with E-state index in [2.05, 4.69) is 6.92 Å². The molecule has 0 rings (SSSR count). The molecular weight excluding hydrogens is 390 g/mol. The minimum atomic E-state index is -2.33. The summed E-state index contributed by atoms with van der Waals surface area (Å²) in [5, 5.41) is 11.0. The summed E-state index contributed by atoms with van der Waals surface area (Å²) in [7, 11) is 2.94. The molecule has 0 radical (unpaired) electrons. The van der Waals surface area contributed by atoms with Gasteiger partial charge in [-0.15, -0.1) is 12.4 Å².